The van der Waals surface area contributed by atoms with Crippen molar-refractivity contribution in [3.05, 3.63) is 15.5 Å². The molecular formula is C14H21IN2O3. The summed E-state index contributed by atoms with van der Waals surface area (Å²) in [6, 6.07) is 1.97. The quantitative estimate of drug-likeness (QED) is 0.756. The van der Waals surface area contributed by atoms with Crippen LogP contribution in [0.2, 0.25) is 0 Å². The first-order valence-corrected chi connectivity index (χ1v) is 8.46. The standard InChI is InChI=1S/C14H21IN2O3/c15-12-9-11(14(18)10-4-5-10)17(16-12)6-8-20-13-3-1-2-7-19-13/h9-10,13-14,18H,1-8H2. The minimum Gasteiger partial charge on any atom is -0.387 e. The van der Waals surface area contributed by atoms with Crippen LogP contribution in [0.25, 0.3) is 0 Å². The van der Waals surface area contributed by atoms with Crippen molar-refractivity contribution >= 4 is 22.6 Å². The average molecular weight is 392 g/mol. The molecule has 0 spiro atoms. The molecule has 2 atom stereocenters. The van der Waals surface area contributed by atoms with E-state index in [2.05, 4.69) is 27.7 Å². The van der Waals surface area contributed by atoms with Crippen molar-refractivity contribution < 1.29 is 14.6 Å². The fraction of sp³-hybridized carbons (Fsp3) is 0.786. The van der Waals surface area contributed by atoms with Crippen molar-refractivity contribution in [1.29, 1.82) is 0 Å². The normalized spacial score (nSPS) is 24.8. The second-order valence-corrected chi connectivity index (χ2v) is 6.67. The van der Waals surface area contributed by atoms with Gasteiger partial charge in [0.25, 0.3) is 0 Å². The minimum absolute atomic E-state index is 0.0600. The minimum atomic E-state index is -0.378. The van der Waals surface area contributed by atoms with E-state index in [9.17, 15) is 5.11 Å². The Labute approximate surface area is 132 Å². The van der Waals surface area contributed by atoms with Gasteiger partial charge in [0.1, 0.15) is 3.70 Å². The first kappa shape index (κ1) is 14.7. The first-order chi connectivity index (χ1) is 9.74. The van der Waals surface area contributed by atoms with Gasteiger partial charge in [-0.25, -0.2) is 0 Å². The molecule has 1 saturated carbocycles. The molecule has 2 unspecified atom stereocenters. The summed E-state index contributed by atoms with van der Waals surface area (Å²) >= 11 is 2.19. The van der Waals surface area contributed by atoms with E-state index in [0.29, 0.717) is 19.1 Å². The van der Waals surface area contributed by atoms with Gasteiger partial charge in [-0.1, -0.05) is 0 Å². The maximum atomic E-state index is 10.3. The van der Waals surface area contributed by atoms with Gasteiger partial charge in [0.2, 0.25) is 0 Å². The molecule has 112 valence electrons. The molecule has 0 amide bonds. The second-order valence-electron chi connectivity index (χ2n) is 5.56. The van der Waals surface area contributed by atoms with Crippen LogP contribution in [0.5, 0.6) is 0 Å². The third-order valence-corrected chi connectivity index (χ3v) is 4.42. The second kappa shape index (κ2) is 6.72. The molecule has 2 fully saturated rings. The van der Waals surface area contributed by atoms with Gasteiger partial charge in [-0.05, 0) is 66.7 Å². The van der Waals surface area contributed by atoms with Gasteiger partial charge in [-0.3, -0.25) is 4.68 Å². The molecule has 2 heterocycles. The molecule has 1 aromatic heterocycles. The van der Waals surface area contributed by atoms with Crippen molar-refractivity contribution in [2.75, 3.05) is 13.2 Å². The molecule has 1 N–H and O–H groups in total. The van der Waals surface area contributed by atoms with Crippen LogP contribution in [0.15, 0.2) is 6.07 Å². The number of rotatable bonds is 6. The summed E-state index contributed by atoms with van der Waals surface area (Å²) in [5.41, 5.74) is 0.921. The number of aromatic nitrogens is 2. The molecule has 1 saturated heterocycles. The monoisotopic (exact) mass is 392 g/mol. The number of aliphatic hydroxyl groups is 1. The Hall–Kier alpha value is -0.180. The lowest BCUT2D eigenvalue weighted by molar-refractivity contribution is -0.164. The molecule has 0 bridgehead atoms. The highest BCUT2D eigenvalue weighted by Crippen LogP contribution is 2.41. The van der Waals surface area contributed by atoms with Crippen LogP contribution in [0.3, 0.4) is 0 Å². The third-order valence-electron chi connectivity index (χ3n) is 3.90. The zero-order valence-corrected chi connectivity index (χ0v) is 13.7. The van der Waals surface area contributed by atoms with E-state index >= 15 is 0 Å². The predicted molar refractivity (Wildman–Crippen MR) is 82.2 cm³/mol. The lowest BCUT2D eigenvalue weighted by Gasteiger charge is -2.23. The third kappa shape index (κ3) is 3.72. The van der Waals surface area contributed by atoms with Crippen molar-refractivity contribution in [3.8, 4) is 0 Å². The Morgan fingerprint density at radius 2 is 2.30 bits per heavy atom. The number of aliphatic hydroxyl groups excluding tert-OH is 1. The summed E-state index contributed by atoms with van der Waals surface area (Å²) < 4.78 is 14.1. The Morgan fingerprint density at radius 3 is 3.00 bits per heavy atom. The van der Waals surface area contributed by atoms with Gasteiger partial charge in [0.05, 0.1) is 24.9 Å². The smallest absolute Gasteiger partial charge is 0.157 e. The van der Waals surface area contributed by atoms with E-state index in [0.717, 1.165) is 41.7 Å². The zero-order valence-electron chi connectivity index (χ0n) is 11.5. The molecule has 2 aliphatic rings. The molecular weight excluding hydrogens is 371 g/mol. The highest BCUT2D eigenvalue weighted by Gasteiger charge is 2.33. The molecule has 0 aromatic carbocycles. The molecule has 6 heteroatoms. The number of ether oxygens (including phenoxy) is 2. The Bertz CT molecular complexity index is 442. The Kier molecular flexibility index (Phi) is 4.95. The SMILES string of the molecule is OC(c1cc(I)nn1CCOC1CCCCO1)C1CC1. The van der Waals surface area contributed by atoms with Gasteiger partial charge < -0.3 is 14.6 Å². The van der Waals surface area contributed by atoms with Crippen LogP contribution < -0.4 is 0 Å². The summed E-state index contributed by atoms with van der Waals surface area (Å²) in [5.74, 6) is 0.420. The lowest BCUT2D eigenvalue weighted by Crippen LogP contribution is -2.24. The van der Waals surface area contributed by atoms with E-state index in [-0.39, 0.29) is 12.4 Å². The van der Waals surface area contributed by atoms with E-state index in [1.165, 1.54) is 6.42 Å². The van der Waals surface area contributed by atoms with Gasteiger partial charge in [0.15, 0.2) is 6.29 Å². The van der Waals surface area contributed by atoms with E-state index in [1.807, 2.05) is 10.7 Å². The average Bonchev–Trinajstić information content (AvgIpc) is 3.23. The van der Waals surface area contributed by atoms with E-state index in [1.54, 1.807) is 0 Å². The molecule has 1 aliphatic heterocycles. The van der Waals surface area contributed by atoms with Gasteiger partial charge in [-0.2, -0.15) is 5.10 Å². The summed E-state index contributed by atoms with van der Waals surface area (Å²) in [5, 5.41) is 14.7. The maximum Gasteiger partial charge on any atom is 0.157 e. The van der Waals surface area contributed by atoms with Gasteiger partial charge in [-0.15, -0.1) is 0 Å². The highest BCUT2D eigenvalue weighted by atomic mass is 127. The summed E-state index contributed by atoms with van der Waals surface area (Å²) in [6.07, 6.45) is 5.09. The lowest BCUT2D eigenvalue weighted by atomic mass is 10.1. The van der Waals surface area contributed by atoms with Crippen LogP contribution in [-0.2, 0) is 16.0 Å². The van der Waals surface area contributed by atoms with Crippen molar-refractivity contribution in [1.82, 2.24) is 9.78 Å². The molecule has 1 aromatic rings. The largest absolute Gasteiger partial charge is 0.387 e. The van der Waals surface area contributed by atoms with E-state index in [4.69, 9.17) is 9.47 Å². The maximum absolute atomic E-state index is 10.3. The number of hydrogen-bond donors (Lipinski definition) is 1. The number of nitrogens with zero attached hydrogens (tertiary/aromatic N) is 2. The molecule has 1 aliphatic carbocycles. The molecule has 3 rings (SSSR count). The predicted octanol–water partition coefficient (Wildman–Crippen LogP) is 2.47. The van der Waals surface area contributed by atoms with Gasteiger partial charge in [0, 0.05) is 6.61 Å². The van der Waals surface area contributed by atoms with Crippen LogP contribution in [0, 0.1) is 9.62 Å². The van der Waals surface area contributed by atoms with Crippen molar-refractivity contribution in [3.63, 3.8) is 0 Å². The summed E-state index contributed by atoms with van der Waals surface area (Å²) in [4.78, 5) is 0. The Morgan fingerprint density at radius 1 is 1.45 bits per heavy atom. The van der Waals surface area contributed by atoms with Crippen LogP contribution >= 0.6 is 22.6 Å². The molecule has 0 radical (unpaired) electrons. The molecule has 5 nitrogen and oxygen atoms in total. The fourth-order valence-electron chi connectivity index (χ4n) is 2.58. The van der Waals surface area contributed by atoms with Crippen molar-refractivity contribution in [2.45, 2.75) is 51.0 Å². The van der Waals surface area contributed by atoms with Crippen LogP contribution in [-0.4, -0.2) is 34.4 Å². The van der Waals surface area contributed by atoms with Crippen molar-refractivity contribution in [2.24, 2.45) is 5.92 Å². The topological polar surface area (TPSA) is 56.5 Å². The van der Waals surface area contributed by atoms with Gasteiger partial charge >= 0.3 is 0 Å². The molecule has 20 heavy (non-hydrogen) atoms. The summed E-state index contributed by atoms with van der Waals surface area (Å²) in [6.45, 7) is 2.05. The highest BCUT2D eigenvalue weighted by molar-refractivity contribution is 14.1. The number of hydrogen-bond acceptors (Lipinski definition) is 4. The Balaban J connectivity index is 1.53. The van der Waals surface area contributed by atoms with E-state index < -0.39 is 0 Å². The van der Waals surface area contributed by atoms with Crippen LogP contribution in [0.1, 0.15) is 43.9 Å². The number of halogens is 1. The van der Waals surface area contributed by atoms with Crippen LogP contribution in [0.4, 0.5) is 0 Å². The first-order valence-electron chi connectivity index (χ1n) is 7.38. The zero-order chi connectivity index (χ0) is 13.9. The summed E-state index contributed by atoms with van der Waals surface area (Å²) in [7, 11) is 0. The fourth-order valence-corrected chi connectivity index (χ4v) is 3.16.